The molecule has 8 nitrogen and oxygen atoms in total. The van der Waals surface area contributed by atoms with Gasteiger partial charge in [-0.25, -0.2) is 0 Å². The number of carbonyl (C=O) groups is 2. The van der Waals surface area contributed by atoms with E-state index in [0.717, 1.165) is 0 Å². The summed E-state index contributed by atoms with van der Waals surface area (Å²) >= 11 is 5.13. The molecule has 7 N–H and O–H groups in total. The zero-order valence-corrected chi connectivity index (χ0v) is 14.0. The summed E-state index contributed by atoms with van der Waals surface area (Å²) in [6, 6.07) is -0.708. The highest BCUT2D eigenvalue weighted by Gasteiger charge is 2.33. The quantitative estimate of drug-likeness (QED) is 0.311. The van der Waals surface area contributed by atoms with E-state index in [1.54, 1.807) is 0 Å². The van der Waals surface area contributed by atoms with Crippen LogP contribution in [-0.2, 0) is 9.59 Å². The van der Waals surface area contributed by atoms with Crippen LogP contribution >= 0.6 is 12.2 Å². The molecule has 0 heterocycles. The van der Waals surface area contributed by atoms with Gasteiger partial charge in [0.15, 0.2) is 5.11 Å². The molecule has 0 spiro atoms. The fourth-order valence-corrected chi connectivity index (χ4v) is 2.26. The molecule has 0 fully saturated rings. The van der Waals surface area contributed by atoms with Gasteiger partial charge in [0.25, 0.3) is 0 Å². The number of primary amides is 1. The van der Waals surface area contributed by atoms with Crippen molar-refractivity contribution in [3.63, 3.8) is 0 Å². The van der Waals surface area contributed by atoms with Gasteiger partial charge >= 0.3 is 0 Å². The summed E-state index contributed by atoms with van der Waals surface area (Å²) in [5.74, 6) is -0.783. The number of nitrogens with one attached hydrogen (secondary N) is 3. The second kappa shape index (κ2) is 8.80. The Hall–Kier alpha value is -1.71. The number of aliphatic hydroxyl groups excluding tert-OH is 2. The van der Waals surface area contributed by atoms with Crippen LogP contribution < -0.4 is 21.7 Å². The predicted octanol–water partition coefficient (Wildman–Crippen LogP) is -1.87. The first-order valence-electron chi connectivity index (χ1n) is 7.38. The maximum atomic E-state index is 11.9. The molecular weight excluding hydrogens is 320 g/mol. The molecule has 0 radical (unpaired) electrons. The zero-order chi connectivity index (χ0) is 17.6. The van der Waals surface area contributed by atoms with Crippen LogP contribution in [0.5, 0.6) is 0 Å². The van der Waals surface area contributed by atoms with Crippen molar-refractivity contribution in [1.29, 1.82) is 0 Å². The number of thiocarbonyl (C=S) groups is 1. The number of hydrogen-bond donors (Lipinski definition) is 6. The molecule has 0 aromatic heterocycles. The van der Waals surface area contributed by atoms with Crippen molar-refractivity contribution in [1.82, 2.24) is 16.0 Å². The van der Waals surface area contributed by atoms with Crippen LogP contribution in [0.15, 0.2) is 11.6 Å². The molecule has 9 heteroatoms. The Labute approximate surface area is 140 Å². The van der Waals surface area contributed by atoms with Crippen LogP contribution in [0.25, 0.3) is 0 Å². The lowest BCUT2D eigenvalue weighted by atomic mass is 9.90. The predicted molar refractivity (Wildman–Crippen MR) is 89.3 cm³/mol. The second-order valence-corrected chi connectivity index (χ2v) is 6.29. The highest BCUT2D eigenvalue weighted by atomic mass is 32.1. The summed E-state index contributed by atoms with van der Waals surface area (Å²) < 4.78 is 0. The first-order valence-corrected chi connectivity index (χ1v) is 7.79. The molecule has 0 saturated heterocycles. The van der Waals surface area contributed by atoms with Crippen molar-refractivity contribution < 1.29 is 19.8 Å². The minimum Gasteiger partial charge on any atom is -0.390 e. The molecule has 3 unspecified atom stereocenters. The third-order valence-corrected chi connectivity index (χ3v) is 3.52. The summed E-state index contributed by atoms with van der Waals surface area (Å²) in [5.41, 5.74) is 5.23. The number of aliphatic hydroxyl groups is 2. The number of hydrogen-bond acceptors (Lipinski definition) is 5. The SMILES string of the molecule is CC(C)CNC(=S)NC1C=C(C(=O)NCC(N)=O)CC(O)C1O. The Morgan fingerprint density at radius 2 is 2.04 bits per heavy atom. The maximum absolute atomic E-state index is 11.9. The first-order chi connectivity index (χ1) is 10.7. The average Bonchev–Trinajstić information content (AvgIpc) is 2.47. The van der Waals surface area contributed by atoms with E-state index < -0.39 is 30.1 Å². The van der Waals surface area contributed by atoms with E-state index in [4.69, 9.17) is 18.0 Å². The van der Waals surface area contributed by atoms with Crippen molar-refractivity contribution >= 4 is 29.1 Å². The lowest BCUT2D eigenvalue weighted by Crippen LogP contribution is -2.53. The van der Waals surface area contributed by atoms with E-state index in [0.29, 0.717) is 17.6 Å². The molecule has 0 aromatic rings. The molecule has 1 aliphatic rings. The molecule has 1 aliphatic carbocycles. The Bertz CT molecular complexity index is 495. The van der Waals surface area contributed by atoms with E-state index >= 15 is 0 Å². The van der Waals surface area contributed by atoms with Gasteiger partial charge in [-0.1, -0.05) is 19.9 Å². The van der Waals surface area contributed by atoms with Crippen LogP contribution in [0.1, 0.15) is 20.3 Å². The highest BCUT2D eigenvalue weighted by molar-refractivity contribution is 7.80. The van der Waals surface area contributed by atoms with Gasteiger partial charge in [0.2, 0.25) is 11.8 Å². The van der Waals surface area contributed by atoms with Crippen LogP contribution in [-0.4, -0.2) is 58.5 Å². The second-order valence-electron chi connectivity index (χ2n) is 5.88. The van der Waals surface area contributed by atoms with Crippen molar-refractivity contribution in [3.05, 3.63) is 11.6 Å². The Morgan fingerprint density at radius 3 is 2.61 bits per heavy atom. The lowest BCUT2D eigenvalue weighted by Gasteiger charge is -2.31. The zero-order valence-electron chi connectivity index (χ0n) is 13.2. The van der Waals surface area contributed by atoms with Gasteiger partial charge in [0.1, 0.15) is 6.10 Å². The van der Waals surface area contributed by atoms with Crippen molar-refractivity contribution in [2.75, 3.05) is 13.1 Å². The van der Waals surface area contributed by atoms with E-state index in [9.17, 15) is 19.8 Å². The van der Waals surface area contributed by atoms with Crippen molar-refractivity contribution in [3.8, 4) is 0 Å². The van der Waals surface area contributed by atoms with Gasteiger partial charge in [0.05, 0.1) is 18.7 Å². The highest BCUT2D eigenvalue weighted by Crippen LogP contribution is 2.19. The van der Waals surface area contributed by atoms with Gasteiger partial charge in [-0.2, -0.15) is 0 Å². The summed E-state index contributed by atoms with van der Waals surface area (Å²) in [7, 11) is 0. The topological polar surface area (TPSA) is 137 Å². The van der Waals surface area contributed by atoms with E-state index in [2.05, 4.69) is 16.0 Å². The van der Waals surface area contributed by atoms with Crippen LogP contribution in [0.3, 0.4) is 0 Å². The number of rotatable bonds is 6. The third kappa shape index (κ3) is 6.51. The van der Waals surface area contributed by atoms with Crippen molar-refractivity contribution in [2.45, 2.75) is 38.5 Å². The number of nitrogens with two attached hydrogens (primary N) is 1. The van der Waals surface area contributed by atoms with E-state index in [1.165, 1.54) is 6.08 Å². The maximum Gasteiger partial charge on any atom is 0.247 e. The molecule has 1 rings (SSSR count). The monoisotopic (exact) mass is 344 g/mol. The third-order valence-electron chi connectivity index (χ3n) is 3.26. The summed E-state index contributed by atoms with van der Waals surface area (Å²) in [6.07, 6.45) is -0.728. The Kier molecular flexibility index (Phi) is 7.40. The molecular formula is C14H24N4O4S. The molecule has 3 atom stereocenters. The lowest BCUT2D eigenvalue weighted by molar-refractivity contribution is -0.123. The molecule has 0 aliphatic heterocycles. The summed E-state index contributed by atoms with van der Waals surface area (Å²) in [4.78, 5) is 22.6. The first kappa shape index (κ1) is 19.3. The molecule has 0 saturated carbocycles. The molecule has 0 aromatic carbocycles. The average molecular weight is 344 g/mol. The molecule has 0 bridgehead atoms. The number of amides is 2. The molecule has 2 amide bonds. The number of carbonyl (C=O) groups excluding carboxylic acids is 2. The van der Waals surface area contributed by atoms with Crippen LogP contribution in [0, 0.1) is 5.92 Å². The normalized spacial score (nSPS) is 23.9. The van der Waals surface area contributed by atoms with Crippen LogP contribution in [0.4, 0.5) is 0 Å². The largest absolute Gasteiger partial charge is 0.390 e. The van der Waals surface area contributed by atoms with E-state index in [1.807, 2.05) is 13.8 Å². The van der Waals surface area contributed by atoms with Crippen LogP contribution in [0.2, 0.25) is 0 Å². The summed E-state index contributed by atoms with van der Waals surface area (Å²) in [5, 5.41) is 28.5. The molecule has 23 heavy (non-hydrogen) atoms. The van der Waals surface area contributed by atoms with Crippen molar-refractivity contribution in [2.24, 2.45) is 11.7 Å². The fourth-order valence-electron chi connectivity index (χ4n) is 2.04. The van der Waals surface area contributed by atoms with Gasteiger partial charge in [-0.3, -0.25) is 9.59 Å². The summed E-state index contributed by atoms with van der Waals surface area (Å²) in [6.45, 7) is 4.42. The smallest absolute Gasteiger partial charge is 0.247 e. The molecule has 130 valence electrons. The minimum atomic E-state index is -1.11. The van der Waals surface area contributed by atoms with Gasteiger partial charge in [0, 0.05) is 18.5 Å². The Balaban J connectivity index is 2.71. The van der Waals surface area contributed by atoms with Gasteiger partial charge in [-0.15, -0.1) is 0 Å². The van der Waals surface area contributed by atoms with Gasteiger partial charge < -0.3 is 31.9 Å². The fraction of sp³-hybridized carbons (Fsp3) is 0.643. The minimum absolute atomic E-state index is 0.0177. The standard InChI is InChI=1S/C14H24N4O4S/c1-7(2)5-17-14(23)18-9-3-8(4-10(19)12(9)21)13(22)16-6-11(15)20/h3,7,9-10,12,19,21H,4-6H2,1-2H3,(H2,15,20)(H,16,22)(H2,17,18,23). The van der Waals surface area contributed by atoms with Gasteiger partial charge in [-0.05, 0) is 18.1 Å². The van der Waals surface area contributed by atoms with E-state index in [-0.39, 0.29) is 18.5 Å². The Morgan fingerprint density at radius 1 is 1.39 bits per heavy atom.